The SMILES string of the molecule is CC1(C)c2cc3ccccc3cc2N2c3cc4c(oc5ccccc54)c4c3B(c3cccc1c32)N(c1cccc2c1oc1ccccc12)c1ccc(-c2ccccc2)cc1-4. The molecular weight excluding hydrogens is 731 g/mol. The fourth-order valence-electron chi connectivity index (χ4n) is 11.1. The van der Waals surface area contributed by atoms with Gasteiger partial charge in [-0.25, -0.2) is 0 Å². The Balaban J connectivity index is 1.18. The first kappa shape index (κ1) is 32.5. The monoisotopic (exact) mass is 766 g/mol. The lowest BCUT2D eigenvalue weighted by Gasteiger charge is -2.50. The van der Waals surface area contributed by atoms with Crippen LogP contribution in [0.5, 0.6) is 0 Å². The Labute approximate surface area is 346 Å². The molecule has 0 saturated heterocycles. The molecule has 2 aromatic heterocycles. The second-order valence-corrected chi connectivity index (χ2v) is 17.2. The fourth-order valence-corrected chi connectivity index (χ4v) is 11.1. The van der Waals surface area contributed by atoms with Gasteiger partial charge in [-0.15, -0.1) is 0 Å². The molecule has 0 radical (unpaired) electrons. The predicted molar refractivity (Wildman–Crippen MR) is 250 cm³/mol. The van der Waals surface area contributed by atoms with Crippen molar-refractivity contribution in [1.29, 1.82) is 0 Å². The molecule has 0 fully saturated rings. The van der Waals surface area contributed by atoms with Crippen molar-refractivity contribution in [2.24, 2.45) is 0 Å². The quantitative estimate of drug-likeness (QED) is 0.164. The molecule has 3 aliphatic heterocycles. The van der Waals surface area contributed by atoms with Crippen LogP contribution in [0.2, 0.25) is 0 Å². The van der Waals surface area contributed by atoms with Crippen molar-refractivity contribution in [3.8, 4) is 22.3 Å². The molecule has 4 nitrogen and oxygen atoms in total. The van der Waals surface area contributed by atoms with E-state index in [1.165, 1.54) is 55.5 Å². The topological polar surface area (TPSA) is 32.8 Å². The number of nitrogens with zero attached hydrogens (tertiary/aromatic N) is 2. The largest absolute Gasteiger partial charge is 0.455 e. The minimum atomic E-state index is -0.269. The highest BCUT2D eigenvalue weighted by atomic mass is 16.3. The lowest BCUT2D eigenvalue weighted by atomic mass is 9.42. The number of benzene rings is 9. The molecule has 14 rings (SSSR count). The summed E-state index contributed by atoms with van der Waals surface area (Å²) in [6, 6.07) is 64.3. The lowest BCUT2D eigenvalue weighted by Crippen LogP contribution is -2.62. The standard InChI is InChI=1S/C55H35BN2O2/c1-55(2)41-21-13-22-43-52(41)57(46-30-34-17-7-6-16-33(34)29-42(46)55)47-31-39-37-19-9-11-25-49(37)60-54(39)50-40-28-35(32-14-4-3-5-15-32)26-27-44(40)58(56(43)51(47)50)45-23-12-20-38-36-18-8-10-24-48(36)59-53(38)45/h3-31H,1-2H3. The highest BCUT2D eigenvalue weighted by Gasteiger charge is 2.51. The van der Waals surface area contributed by atoms with E-state index < -0.39 is 0 Å². The van der Waals surface area contributed by atoms with E-state index >= 15 is 0 Å². The molecular formula is C55H35BN2O2. The summed E-state index contributed by atoms with van der Waals surface area (Å²) in [5, 5.41) is 6.95. The lowest BCUT2D eigenvalue weighted by molar-refractivity contribution is 0.633. The first-order chi connectivity index (χ1) is 29.5. The van der Waals surface area contributed by atoms with Crippen LogP contribution in [0.1, 0.15) is 25.0 Å². The second kappa shape index (κ2) is 11.4. The molecule has 60 heavy (non-hydrogen) atoms. The van der Waals surface area contributed by atoms with Gasteiger partial charge in [-0.1, -0.05) is 141 Å². The predicted octanol–water partition coefficient (Wildman–Crippen LogP) is 13.7. The molecule has 0 bridgehead atoms. The van der Waals surface area contributed by atoms with Gasteiger partial charge in [0.15, 0.2) is 5.58 Å². The number of para-hydroxylation sites is 4. The van der Waals surface area contributed by atoms with E-state index in [0.717, 1.165) is 71.9 Å². The van der Waals surface area contributed by atoms with Crippen molar-refractivity contribution in [2.45, 2.75) is 19.3 Å². The average molecular weight is 767 g/mol. The van der Waals surface area contributed by atoms with Crippen LogP contribution in [-0.4, -0.2) is 6.85 Å². The van der Waals surface area contributed by atoms with E-state index in [2.05, 4.69) is 199 Å². The minimum Gasteiger partial charge on any atom is -0.455 e. The van der Waals surface area contributed by atoms with Crippen molar-refractivity contribution in [2.75, 3.05) is 9.71 Å². The summed E-state index contributed by atoms with van der Waals surface area (Å²) < 4.78 is 14.0. The maximum absolute atomic E-state index is 7.08. The Hall–Kier alpha value is -7.50. The Morgan fingerprint density at radius 1 is 0.467 bits per heavy atom. The van der Waals surface area contributed by atoms with Crippen LogP contribution in [0.3, 0.4) is 0 Å². The first-order valence-corrected chi connectivity index (χ1v) is 20.9. The Kier molecular flexibility index (Phi) is 6.15. The summed E-state index contributed by atoms with van der Waals surface area (Å²) in [4.78, 5) is 5.17. The summed E-state index contributed by atoms with van der Waals surface area (Å²) in [6.07, 6.45) is 0. The van der Waals surface area contributed by atoms with Crippen molar-refractivity contribution in [3.63, 3.8) is 0 Å². The molecule has 0 saturated carbocycles. The van der Waals surface area contributed by atoms with E-state index in [1.807, 2.05) is 0 Å². The smallest absolute Gasteiger partial charge is 0.333 e. The van der Waals surface area contributed by atoms with Crippen molar-refractivity contribution >= 4 is 101 Å². The molecule has 0 aliphatic carbocycles. The molecule has 5 heteroatoms. The zero-order valence-corrected chi connectivity index (χ0v) is 33.0. The third-order valence-corrected chi connectivity index (χ3v) is 13.8. The second-order valence-electron chi connectivity index (χ2n) is 17.2. The minimum absolute atomic E-state index is 0.203. The van der Waals surface area contributed by atoms with Crippen molar-refractivity contribution in [3.05, 3.63) is 187 Å². The van der Waals surface area contributed by atoms with Gasteiger partial charge in [0, 0.05) is 55.1 Å². The Morgan fingerprint density at radius 3 is 1.97 bits per heavy atom. The summed E-state index contributed by atoms with van der Waals surface area (Å²) in [5.41, 5.74) is 18.9. The molecule has 280 valence electrons. The molecule has 0 spiro atoms. The van der Waals surface area contributed by atoms with Crippen molar-refractivity contribution in [1.82, 2.24) is 0 Å². The molecule has 0 amide bonds. The van der Waals surface area contributed by atoms with Gasteiger partial charge >= 0.3 is 6.85 Å². The van der Waals surface area contributed by atoms with Crippen LogP contribution < -0.4 is 20.6 Å². The van der Waals surface area contributed by atoms with Gasteiger partial charge in [-0.2, -0.15) is 0 Å². The van der Waals surface area contributed by atoms with Crippen LogP contribution >= 0.6 is 0 Å². The van der Waals surface area contributed by atoms with Crippen molar-refractivity contribution < 1.29 is 8.83 Å². The van der Waals surface area contributed by atoms with Crippen LogP contribution in [0, 0.1) is 0 Å². The number of fused-ring (bicyclic) bond motifs is 14. The summed E-state index contributed by atoms with van der Waals surface area (Å²) in [5.74, 6) is 0. The van der Waals surface area contributed by atoms with E-state index in [4.69, 9.17) is 8.83 Å². The van der Waals surface area contributed by atoms with E-state index in [1.54, 1.807) is 0 Å². The van der Waals surface area contributed by atoms with Gasteiger partial charge in [0.05, 0.1) is 11.4 Å². The van der Waals surface area contributed by atoms with Gasteiger partial charge in [0.2, 0.25) is 0 Å². The number of hydrogen-bond acceptors (Lipinski definition) is 4. The summed E-state index contributed by atoms with van der Waals surface area (Å²) in [6.45, 7) is 4.59. The maximum atomic E-state index is 7.08. The van der Waals surface area contributed by atoms with Gasteiger partial charge in [0.1, 0.15) is 16.7 Å². The fraction of sp³-hybridized carbons (Fsp3) is 0.0545. The number of hydrogen-bond donors (Lipinski definition) is 0. The number of furan rings is 2. The molecule has 0 unspecified atom stereocenters. The molecule has 5 heterocycles. The summed E-state index contributed by atoms with van der Waals surface area (Å²) in [7, 11) is 0. The third kappa shape index (κ3) is 4.06. The molecule has 0 N–H and O–H groups in total. The van der Waals surface area contributed by atoms with E-state index in [-0.39, 0.29) is 12.3 Å². The molecule has 11 aromatic rings. The highest BCUT2D eigenvalue weighted by molar-refractivity contribution is 6.94. The average Bonchev–Trinajstić information content (AvgIpc) is 3.87. The molecule has 0 atom stereocenters. The first-order valence-electron chi connectivity index (χ1n) is 20.9. The molecule has 3 aliphatic rings. The van der Waals surface area contributed by atoms with Gasteiger partial charge in [-0.3, -0.25) is 0 Å². The van der Waals surface area contributed by atoms with Gasteiger partial charge in [0.25, 0.3) is 0 Å². The normalized spacial score (nSPS) is 14.5. The van der Waals surface area contributed by atoms with Crippen LogP contribution in [0.4, 0.5) is 28.4 Å². The van der Waals surface area contributed by atoms with Gasteiger partial charge < -0.3 is 18.5 Å². The number of anilines is 5. The zero-order chi connectivity index (χ0) is 39.4. The van der Waals surface area contributed by atoms with Crippen LogP contribution in [0.15, 0.2) is 185 Å². The highest BCUT2D eigenvalue weighted by Crippen LogP contribution is 2.57. The van der Waals surface area contributed by atoms with E-state index in [0.29, 0.717) is 0 Å². The Morgan fingerprint density at radius 2 is 1.15 bits per heavy atom. The third-order valence-electron chi connectivity index (χ3n) is 13.8. The summed E-state index contributed by atoms with van der Waals surface area (Å²) >= 11 is 0. The van der Waals surface area contributed by atoms with Crippen LogP contribution in [0.25, 0.3) is 76.9 Å². The van der Waals surface area contributed by atoms with Crippen LogP contribution in [-0.2, 0) is 5.41 Å². The van der Waals surface area contributed by atoms with E-state index in [9.17, 15) is 0 Å². The Bertz CT molecular complexity index is 3670. The molecule has 9 aromatic carbocycles. The zero-order valence-electron chi connectivity index (χ0n) is 33.0. The van der Waals surface area contributed by atoms with Gasteiger partial charge in [-0.05, 0) is 92.5 Å². The maximum Gasteiger partial charge on any atom is 0.333 e. The number of rotatable bonds is 2.